The van der Waals surface area contributed by atoms with Crippen LogP contribution in [0, 0.1) is 0 Å². The Bertz CT molecular complexity index is 652. The van der Waals surface area contributed by atoms with E-state index in [1.807, 2.05) is 0 Å². The third kappa shape index (κ3) is 5.90. The summed E-state index contributed by atoms with van der Waals surface area (Å²) < 4.78 is 45.5. The monoisotopic (exact) mass is 325 g/mol. The Labute approximate surface area is 130 Å². The molecular formula is C16H14F3NO3. The van der Waals surface area contributed by atoms with Crippen molar-refractivity contribution in [1.82, 2.24) is 0 Å². The lowest BCUT2D eigenvalue weighted by Crippen LogP contribution is -2.17. The molecule has 0 radical (unpaired) electrons. The molecular weight excluding hydrogens is 311 g/mol. The Balaban J connectivity index is 1.89. The number of carbonyl (C=O) groups excluding carboxylic acids is 1. The van der Waals surface area contributed by atoms with E-state index < -0.39 is 6.36 Å². The van der Waals surface area contributed by atoms with Gasteiger partial charge < -0.3 is 14.8 Å². The van der Waals surface area contributed by atoms with E-state index in [-0.39, 0.29) is 18.3 Å². The minimum Gasteiger partial charge on any atom is -0.489 e. The molecule has 0 unspecified atom stereocenters. The van der Waals surface area contributed by atoms with E-state index in [2.05, 4.69) is 10.1 Å². The third-order valence-electron chi connectivity index (χ3n) is 2.74. The first kappa shape index (κ1) is 16.7. The van der Waals surface area contributed by atoms with Gasteiger partial charge in [-0.1, -0.05) is 12.1 Å². The number of hydrogen-bond donors (Lipinski definition) is 1. The highest BCUT2D eigenvalue weighted by atomic mass is 19.4. The van der Waals surface area contributed by atoms with Crippen LogP contribution in [0.5, 0.6) is 11.5 Å². The zero-order valence-electron chi connectivity index (χ0n) is 12.2. The van der Waals surface area contributed by atoms with Gasteiger partial charge in [-0.3, -0.25) is 4.79 Å². The minimum atomic E-state index is -4.70. The van der Waals surface area contributed by atoms with Crippen molar-refractivity contribution in [2.24, 2.45) is 0 Å². The number of nitrogens with one attached hydrogen (secondary N) is 1. The zero-order valence-corrected chi connectivity index (χ0v) is 12.2. The standard InChI is InChI=1S/C16H14F3NO3/c1-11(21)20-13-4-8-14(9-5-13)22-10-12-2-6-15(7-3-12)23-16(17,18)19/h2-9H,10H2,1H3,(H,20,21). The Kier molecular flexibility index (Phi) is 5.10. The molecule has 0 fully saturated rings. The van der Waals surface area contributed by atoms with Crippen molar-refractivity contribution in [2.75, 3.05) is 5.32 Å². The number of amides is 1. The highest BCUT2D eigenvalue weighted by Gasteiger charge is 2.30. The largest absolute Gasteiger partial charge is 0.573 e. The number of benzene rings is 2. The molecule has 2 aromatic rings. The summed E-state index contributed by atoms with van der Waals surface area (Å²) in [5.74, 6) is 0.135. The molecule has 23 heavy (non-hydrogen) atoms. The molecule has 0 saturated heterocycles. The number of ether oxygens (including phenoxy) is 2. The summed E-state index contributed by atoms with van der Waals surface area (Å²) in [7, 11) is 0. The van der Waals surface area contributed by atoms with Gasteiger partial charge in [0.2, 0.25) is 5.91 Å². The summed E-state index contributed by atoms with van der Waals surface area (Å²) >= 11 is 0. The van der Waals surface area contributed by atoms with Gasteiger partial charge in [-0.05, 0) is 42.0 Å². The lowest BCUT2D eigenvalue weighted by Gasteiger charge is -2.10. The van der Waals surface area contributed by atoms with Crippen LogP contribution >= 0.6 is 0 Å². The molecule has 0 saturated carbocycles. The number of anilines is 1. The number of carbonyl (C=O) groups is 1. The first-order valence-corrected chi connectivity index (χ1v) is 6.67. The highest BCUT2D eigenvalue weighted by Crippen LogP contribution is 2.23. The first-order chi connectivity index (χ1) is 10.8. The summed E-state index contributed by atoms with van der Waals surface area (Å²) in [6.45, 7) is 1.61. The fourth-order valence-electron chi connectivity index (χ4n) is 1.79. The average Bonchev–Trinajstić information content (AvgIpc) is 2.46. The molecule has 122 valence electrons. The molecule has 0 aliphatic rings. The van der Waals surface area contributed by atoms with Crippen LogP contribution in [-0.4, -0.2) is 12.3 Å². The van der Waals surface area contributed by atoms with E-state index in [9.17, 15) is 18.0 Å². The van der Waals surface area contributed by atoms with Crippen molar-refractivity contribution < 1.29 is 27.4 Å². The smallest absolute Gasteiger partial charge is 0.489 e. The summed E-state index contributed by atoms with van der Waals surface area (Å²) in [6, 6.07) is 12.2. The van der Waals surface area contributed by atoms with Crippen molar-refractivity contribution in [3.63, 3.8) is 0 Å². The molecule has 0 aliphatic heterocycles. The molecule has 2 rings (SSSR count). The Hall–Kier alpha value is -2.70. The van der Waals surface area contributed by atoms with E-state index in [0.29, 0.717) is 17.0 Å². The summed E-state index contributed by atoms with van der Waals surface area (Å²) in [6.07, 6.45) is -4.70. The van der Waals surface area contributed by atoms with Gasteiger partial charge in [-0.25, -0.2) is 0 Å². The molecule has 1 amide bonds. The quantitative estimate of drug-likeness (QED) is 0.899. The van der Waals surface area contributed by atoms with E-state index >= 15 is 0 Å². The maximum atomic E-state index is 12.0. The van der Waals surface area contributed by atoms with Crippen molar-refractivity contribution >= 4 is 11.6 Å². The van der Waals surface area contributed by atoms with Gasteiger partial charge in [0.25, 0.3) is 0 Å². The summed E-state index contributed by atoms with van der Waals surface area (Å²) in [4.78, 5) is 10.9. The normalized spacial score (nSPS) is 11.0. The van der Waals surface area contributed by atoms with Crippen LogP contribution in [-0.2, 0) is 11.4 Å². The number of alkyl halides is 3. The van der Waals surface area contributed by atoms with Gasteiger partial charge in [-0.2, -0.15) is 0 Å². The molecule has 0 atom stereocenters. The van der Waals surface area contributed by atoms with E-state index in [4.69, 9.17) is 4.74 Å². The van der Waals surface area contributed by atoms with Crippen LogP contribution < -0.4 is 14.8 Å². The molecule has 0 aromatic heterocycles. The third-order valence-corrected chi connectivity index (χ3v) is 2.74. The van der Waals surface area contributed by atoms with Crippen molar-refractivity contribution in [3.05, 3.63) is 54.1 Å². The van der Waals surface area contributed by atoms with Crippen LogP contribution in [0.4, 0.5) is 18.9 Å². The topological polar surface area (TPSA) is 47.6 Å². The lowest BCUT2D eigenvalue weighted by molar-refractivity contribution is -0.274. The van der Waals surface area contributed by atoms with Gasteiger partial charge in [0.1, 0.15) is 18.1 Å². The Morgan fingerprint density at radius 1 is 1.00 bits per heavy atom. The molecule has 4 nitrogen and oxygen atoms in total. The molecule has 0 bridgehead atoms. The number of halogens is 3. The maximum Gasteiger partial charge on any atom is 0.573 e. The second kappa shape index (κ2) is 7.04. The van der Waals surface area contributed by atoms with Crippen molar-refractivity contribution in [3.8, 4) is 11.5 Å². The second-order valence-corrected chi connectivity index (χ2v) is 4.69. The number of hydrogen-bond acceptors (Lipinski definition) is 3. The van der Waals surface area contributed by atoms with E-state index in [0.717, 1.165) is 0 Å². The minimum absolute atomic E-state index is 0.167. The fourth-order valence-corrected chi connectivity index (χ4v) is 1.79. The average molecular weight is 325 g/mol. The van der Waals surface area contributed by atoms with Gasteiger partial charge in [-0.15, -0.1) is 13.2 Å². The van der Waals surface area contributed by atoms with E-state index in [1.54, 1.807) is 24.3 Å². The lowest BCUT2D eigenvalue weighted by atomic mass is 10.2. The predicted molar refractivity (Wildman–Crippen MR) is 78.2 cm³/mol. The van der Waals surface area contributed by atoms with Crippen LogP contribution in [0.3, 0.4) is 0 Å². The van der Waals surface area contributed by atoms with Crippen LogP contribution in [0.15, 0.2) is 48.5 Å². The van der Waals surface area contributed by atoms with Gasteiger partial charge in [0.15, 0.2) is 0 Å². The predicted octanol–water partition coefficient (Wildman–Crippen LogP) is 4.12. The van der Waals surface area contributed by atoms with Gasteiger partial charge >= 0.3 is 6.36 Å². The summed E-state index contributed by atoms with van der Waals surface area (Å²) in [5, 5.41) is 2.63. The van der Waals surface area contributed by atoms with Gasteiger partial charge in [0, 0.05) is 12.6 Å². The van der Waals surface area contributed by atoms with Crippen molar-refractivity contribution in [2.45, 2.75) is 19.9 Å². The van der Waals surface area contributed by atoms with Gasteiger partial charge in [0.05, 0.1) is 0 Å². The Morgan fingerprint density at radius 3 is 2.09 bits per heavy atom. The molecule has 7 heteroatoms. The fraction of sp³-hybridized carbons (Fsp3) is 0.188. The van der Waals surface area contributed by atoms with Crippen LogP contribution in [0.25, 0.3) is 0 Å². The molecule has 0 spiro atoms. The Morgan fingerprint density at radius 2 is 1.57 bits per heavy atom. The van der Waals surface area contributed by atoms with Crippen LogP contribution in [0.1, 0.15) is 12.5 Å². The van der Waals surface area contributed by atoms with E-state index in [1.165, 1.54) is 31.2 Å². The van der Waals surface area contributed by atoms with Crippen LogP contribution in [0.2, 0.25) is 0 Å². The molecule has 0 aliphatic carbocycles. The summed E-state index contributed by atoms with van der Waals surface area (Å²) in [5.41, 5.74) is 1.35. The number of rotatable bonds is 5. The SMILES string of the molecule is CC(=O)Nc1ccc(OCc2ccc(OC(F)(F)F)cc2)cc1. The van der Waals surface area contributed by atoms with Crippen molar-refractivity contribution in [1.29, 1.82) is 0 Å². The second-order valence-electron chi connectivity index (χ2n) is 4.69. The molecule has 1 N–H and O–H groups in total. The highest BCUT2D eigenvalue weighted by molar-refractivity contribution is 5.88. The maximum absolute atomic E-state index is 12.0. The zero-order chi connectivity index (χ0) is 16.9. The molecule has 2 aromatic carbocycles. The first-order valence-electron chi connectivity index (χ1n) is 6.67. The molecule has 0 heterocycles.